The number of nitrogens with zero attached hydrogens (tertiary/aromatic N) is 2. The van der Waals surface area contributed by atoms with Crippen LogP contribution in [0.4, 0.5) is 10.5 Å². The Morgan fingerprint density at radius 2 is 1.88 bits per heavy atom. The number of carbonyl (C=O) groups excluding carboxylic acids is 1. The van der Waals surface area contributed by atoms with Gasteiger partial charge in [-0.25, -0.2) is 9.78 Å². The third kappa shape index (κ3) is 3.94. The van der Waals surface area contributed by atoms with Gasteiger partial charge in [0.2, 0.25) is 5.89 Å². The molecule has 1 aromatic heterocycles. The minimum atomic E-state index is -0.162. The number of carbonyl (C=O) groups is 1. The number of benzene rings is 2. The quantitative estimate of drug-likeness (QED) is 0.726. The molecule has 3 aromatic rings. The first kappa shape index (κ1) is 17.7. The molecule has 0 spiro atoms. The van der Waals surface area contributed by atoms with Crippen LogP contribution >= 0.6 is 0 Å². The second-order valence-corrected chi connectivity index (χ2v) is 6.45. The van der Waals surface area contributed by atoms with E-state index < -0.39 is 0 Å². The molecule has 0 saturated heterocycles. The first-order valence-electron chi connectivity index (χ1n) is 8.55. The number of aromatic nitrogens is 1. The van der Waals surface area contributed by atoms with Crippen molar-refractivity contribution >= 4 is 11.7 Å². The summed E-state index contributed by atoms with van der Waals surface area (Å²) >= 11 is 0. The smallest absolute Gasteiger partial charge is 0.321 e. The van der Waals surface area contributed by atoms with Crippen molar-refractivity contribution in [2.24, 2.45) is 0 Å². The Kier molecular flexibility index (Phi) is 5.07. The molecular formula is C21H23N3O2. The second kappa shape index (κ2) is 7.44. The third-order valence-corrected chi connectivity index (χ3v) is 4.40. The molecular weight excluding hydrogens is 326 g/mol. The molecule has 0 radical (unpaired) electrons. The zero-order valence-corrected chi connectivity index (χ0v) is 15.5. The summed E-state index contributed by atoms with van der Waals surface area (Å²) in [6.07, 6.45) is 0. The number of anilines is 1. The topological polar surface area (TPSA) is 58.4 Å². The van der Waals surface area contributed by atoms with E-state index in [0.29, 0.717) is 18.1 Å². The summed E-state index contributed by atoms with van der Waals surface area (Å²) in [5.74, 6) is 1.36. The van der Waals surface area contributed by atoms with Gasteiger partial charge in [-0.1, -0.05) is 30.3 Å². The van der Waals surface area contributed by atoms with Crippen LogP contribution in [0.2, 0.25) is 0 Å². The van der Waals surface area contributed by atoms with Crippen molar-refractivity contribution in [1.82, 2.24) is 9.88 Å². The van der Waals surface area contributed by atoms with Gasteiger partial charge >= 0.3 is 6.03 Å². The van der Waals surface area contributed by atoms with E-state index in [2.05, 4.69) is 10.3 Å². The minimum Gasteiger partial charge on any atom is -0.441 e. The Balaban J connectivity index is 1.71. The highest BCUT2D eigenvalue weighted by Crippen LogP contribution is 2.24. The maximum atomic E-state index is 12.5. The molecule has 0 aliphatic heterocycles. The monoisotopic (exact) mass is 349 g/mol. The van der Waals surface area contributed by atoms with Gasteiger partial charge in [0, 0.05) is 24.8 Å². The first-order chi connectivity index (χ1) is 12.4. The average molecular weight is 349 g/mol. The van der Waals surface area contributed by atoms with E-state index in [9.17, 15) is 4.79 Å². The maximum Gasteiger partial charge on any atom is 0.321 e. The predicted octanol–water partition coefficient (Wildman–Crippen LogP) is 4.93. The lowest BCUT2D eigenvalue weighted by Gasteiger charge is -2.19. The highest BCUT2D eigenvalue weighted by atomic mass is 16.4. The fourth-order valence-electron chi connectivity index (χ4n) is 2.66. The van der Waals surface area contributed by atoms with Crippen LogP contribution in [0, 0.1) is 20.8 Å². The van der Waals surface area contributed by atoms with Crippen molar-refractivity contribution < 1.29 is 9.21 Å². The molecule has 26 heavy (non-hydrogen) atoms. The number of aryl methyl sites for hydroxylation is 3. The number of oxazole rings is 1. The molecule has 0 aliphatic carbocycles. The minimum absolute atomic E-state index is 0.162. The van der Waals surface area contributed by atoms with Crippen LogP contribution in [0.3, 0.4) is 0 Å². The Morgan fingerprint density at radius 3 is 2.58 bits per heavy atom. The molecule has 134 valence electrons. The lowest BCUT2D eigenvalue weighted by Crippen LogP contribution is -2.31. The van der Waals surface area contributed by atoms with Gasteiger partial charge in [-0.05, 0) is 50.1 Å². The molecule has 0 bridgehead atoms. The Hall–Kier alpha value is -3.08. The van der Waals surface area contributed by atoms with E-state index in [-0.39, 0.29) is 6.03 Å². The van der Waals surface area contributed by atoms with Crippen molar-refractivity contribution in [3.63, 3.8) is 0 Å². The van der Waals surface area contributed by atoms with Crippen LogP contribution in [0.1, 0.15) is 22.6 Å². The maximum absolute atomic E-state index is 12.5. The molecule has 3 rings (SSSR count). The molecule has 1 N–H and O–H groups in total. The van der Waals surface area contributed by atoms with Crippen molar-refractivity contribution in [3.05, 3.63) is 71.1 Å². The van der Waals surface area contributed by atoms with Gasteiger partial charge in [0.25, 0.3) is 0 Å². The number of rotatable bonds is 4. The van der Waals surface area contributed by atoms with Crippen molar-refractivity contribution in [3.8, 4) is 11.5 Å². The highest BCUT2D eigenvalue weighted by molar-refractivity contribution is 5.89. The van der Waals surface area contributed by atoms with Crippen LogP contribution < -0.4 is 5.32 Å². The van der Waals surface area contributed by atoms with Crippen LogP contribution in [-0.2, 0) is 6.54 Å². The van der Waals surface area contributed by atoms with Gasteiger partial charge in [0.05, 0.1) is 5.69 Å². The molecule has 0 unspecified atom stereocenters. The molecule has 0 aliphatic rings. The van der Waals surface area contributed by atoms with E-state index >= 15 is 0 Å². The highest BCUT2D eigenvalue weighted by Gasteiger charge is 2.12. The van der Waals surface area contributed by atoms with Crippen molar-refractivity contribution in [2.75, 3.05) is 12.4 Å². The van der Waals surface area contributed by atoms with Crippen LogP contribution in [0.5, 0.6) is 0 Å². The van der Waals surface area contributed by atoms with E-state index in [1.54, 1.807) is 11.9 Å². The molecule has 5 heteroatoms. The van der Waals surface area contributed by atoms with Gasteiger partial charge in [-0.15, -0.1) is 0 Å². The largest absolute Gasteiger partial charge is 0.441 e. The Bertz CT molecular complexity index is 911. The lowest BCUT2D eigenvalue weighted by atomic mass is 10.1. The SMILES string of the molecule is Cc1ccccc1CN(C)C(=O)Nc1cccc(-c2nc(C)c(C)o2)c1. The normalized spacial score (nSPS) is 10.6. The summed E-state index contributed by atoms with van der Waals surface area (Å²) < 4.78 is 5.67. The summed E-state index contributed by atoms with van der Waals surface area (Å²) in [4.78, 5) is 18.6. The van der Waals surface area contributed by atoms with Crippen molar-refractivity contribution in [2.45, 2.75) is 27.3 Å². The fraction of sp³-hybridized carbons (Fsp3) is 0.238. The Labute approximate surface area is 153 Å². The summed E-state index contributed by atoms with van der Waals surface area (Å²) in [6, 6.07) is 15.4. The van der Waals surface area contributed by atoms with E-state index in [0.717, 1.165) is 22.6 Å². The average Bonchev–Trinajstić information content (AvgIpc) is 2.96. The van der Waals surface area contributed by atoms with Gasteiger partial charge in [0.15, 0.2) is 0 Å². The second-order valence-electron chi connectivity index (χ2n) is 6.45. The standard InChI is InChI=1S/C21H23N3O2/c1-14-8-5-6-9-18(14)13-24(4)21(25)23-19-11-7-10-17(12-19)20-22-15(2)16(3)26-20/h5-12H,13H2,1-4H3,(H,23,25). The van der Waals surface area contributed by atoms with Gasteiger partial charge < -0.3 is 14.6 Å². The summed E-state index contributed by atoms with van der Waals surface area (Å²) in [5, 5.41) is 2.93. The number of nitrogens with one attached hydrogen (secondary N) is 1. The Morgan fingerprint density at radius 1 is 1.12 bits per heavy atom. The number of urea groups is 1. The van der Waals surface area contributed by atoms with Gasteiger partial charge in [-0.3, -0.25) is 0 Å². The molecule has 0 atom stereocenters. The number of hydrogen-bond acceptors (Lipinski definition) is 3. The zero-order valence-electron chi connectivity index (χ0n) is 15.5. The van der Waals surface area contributed by atoms with Crippen LogP contribution in [0.15, 0.2) is 52.9 Å². The zero-order chi connectivity index (χ0) is 18.7. The molecule has 0 saturated carbocycles. The molecule has 2 amide bonds. The lowest BCUT2D eigenvalue weighted by molar-refractivity contribution is 0.220. The van der Waals surface area contributed by atoms with Gasteiger partial charge in [0.1, 0.15) is 5.76 Å². The first-order valence-corrected chi connectivity index (χ1v) is 8.55. The summed E-state index contributed by atoms with van der Waals surface area (Å²) in [6.45, 7) is 6.40. The van der Waals surface area contributed by atoms with Crippen molar-refractivity contribution in [1.29, 1.82) is 0 Å². The van der Waals surface area contributed by atoms with Crippen LogP contribution in [0.25, 0.3) is 11.5 Å². The fourth-order valence-corrected chi connectivity index (χ4v) is 2.66. The van der Waals surface area contributed by atoms with Gasteiger partial charge in [-0.2, -0.15) is 0 Å². The summed E-state index contributed by atoms with van der Waals surface area (Å²) in [7, 11) is 1.78. The van der Waals surface area contributed by atoms with E-state index in [4.69, 9.17) is 4.42 Å². The van der Waals surface area contributed by atoms with E-state index in [1.165, 1.54) is 5.56 Å². The molecule has 1 heterocycles. The predicted molar refractivity (Wildman–Crippen MR) is 103 cm³/mol. The molecule has 2 aromatic carbocycles. The van der Waals surface area contributed by atoms with E-state index in [1.807, 2.05) is 69.3 Å². The summed E-state index contributed by atoms with van der Waals surface area (Å²) in [5.41, 5.74) is 4.71. The molecule has 5 nitrogen and oxygen atoms in total. The third-order valence-electron chi connectivity index (χ3n) is 4.40. The molecule has 0 fully saturated rings. The number of hydrogen-bond donors (Lipinski definition) is 1. The number of amides is 2. The van der Waals surface area contributed by atoms with Crippen LogP contribution in [-0.4, -0.2) is 23.0 Å².